The van der Waals surface area contributed by atoms with Crippen LogP contribution in [0.1, 0.15) is 5.56 Å². The molecule has 18 heavy (non-hydrogen) atoms. The molecule has 2 rings (SSSR count). The van der Waals surface area contributed by atoms with Crippen LogP contribution in [0.15, 0.2) is 29.4 Å². The van der Waals surface area contributed by atoms with E-state index in [2.05, 4.69) is 10.3 Å². The third-order valence-corrected chi connectivity index (χ3v) is 2.47. The Labute approximate surface area is 101 Å². The molecule has 1 aromatic carbocycles. The molecule has 1 aromatic rings. The predicted molar refractivity (Wildman–Crippen MR) is 60.8 cm³/mol. The monoisotopic (exact) mass is 256 g/mol. The number of rotatable bonds is 2. The third-order valence-electron chi connectivity index (χ3n) is 2.47. The van der Waals surface area contributed by atoms with E-state index >= 15 is 0 Å². The number of guanidine groups is 1. The standard InChI is InChI=1S/C11H11F3N4/c12-7-3-6(9(14)8(13)4-7)5-11(16)1-2-17-10(15)18-11/h1-4H,5,16H2,(H3,15,17,18). The summed E-state index contributed by atoms with van der Waals surface area (Å²) in [5, 5.41) is 2.59. The lowest BCUT2D eigenvalue weighted by atomic mass is 9.99. The Balaban J connectivity index is 2.35. The van der Waals surface area contributed by atoms with Crippen molar-refractivity contribution < 1.29 is 13.2 Å². The molecule has 0 saturated heterocycles. The zero-order chi connectivity index (χ0) is 13.3. The fourth-order valence-corrected chi connectivity index (χ4v) is 1.71. The smallest absolute Gasteiger partial charge is 0.194 e. The van der Waals surface area contributed by atoms with E-state index in [-0.39, 0.29) is 17.9 Å². The van der Waals surface area contributed by atoms with Crippen LogP contribution in [0.5, 0.6) is 0 Å². The molecular weight excluding hydrogens is 245 g/mol. The summed E-state index contributed by atoms with van der Waals surface area (Å²) in [6.07, 6.45) is 2.67. The van der Waals surface area contributed by atoms with E-state index < -0.39 is 23.1 Å². The van der Waals surface area contributed by atoms with Crippen LogP contribution in [0.25, 0.3) is 0 Å². The lowest BCUT2D eigenvalue weighted by Gasteiger charge is -2.25. The van der Waals surface area contributed by atoms with E-state index in [1.807, 2.05) is 0 Å². The Morgan fingerprint density at radius 2 is 2.00 bits per heavy atom. The molecule has 0 radical (unpaired) electrons. The molecule has 0 aromatic heterocycles. The fourth-order valence-electron chi connectivity index (χ4n) is 1.71. The van der Waals surface area contributed by atoms with Gasteiger partial charge in [0, 0.05) is 18.7 Å². The van der Waals surface area contributed by atoms with Crippen molar-refractivity contribution in [3.63, 3.8) is 0 Å². The van der Waals surface area contributed by atoms with Crippen LogP contribution in [0.3, 0.4) is 0 Å². The summed E-state index contributed by atoms with van der Waals surface area (Å²) in [6, 6.07) is 1.35. The average Bonchev–Trinajstić information content (AvgIpc) is 2.24. The first kappa shape index (κ1) is 12.4. The molecule has 0 fully saturated rings. The molecule has 0 amide bonds. The quantitative estimate of drug-likeness (QED) is 0.683. The lowest BCUT2D eigenvalue weighted by Crippen LogP contribution is -2.46. The highest BCUT2D eigenvalue weighted by atomic mass is 19.2. The maximum Gasteiger partial charge on any atom is 0.194 e. The molecular formula is C11H11F3N4. The molecule has 1 unspecified atom stereocenters. The van der Waals surface area contributed by atoms with Crippen molar-refractivity contribution in [3.8, 4) is 0 Å². The van der Waals surface area contributed by atoms with Gasteiger partial charge in [-0.1, -0.05) is 0 Å². The zero-order valence-electron chi connectivity index (χ0n) is 9.25. The fraction of sp³-hybridized carbons (Fsp3) is 0.182. The number of nitrogens with two attached hydrogens (primary N) is 2. The summed E-state index contributed by atoms with van der Waals surface area (Å²) in [5.41, 5.74) is 9.75. The molecule has 5 N–H and O–H groups in total. The first-order chi connectivity index (χ1) is 8.39. The Bertz CT molecular complexity index is 541. The molecule has 1 aliphatic heterocycles. The second-order valence-electron chi connectivity index (χ2n) is 4.00. The van der Waals surface area contributed by atoms with Crippen LogP contribution in [0, 0.1) is 17.5 Å². The maximum atomic E-state index is 13.5. The van der Waals surface area contributed by atoms with Gasteiger partial charge in [-0.2, -0.15) is 0 Å². The number of nitrogens with zero attached hydrogens (tertiary/aromatic N) is 1. The SMILES string of the molecule is NC1=NC(N)(Cc2cc(F)cc(F)c2F)C=CN1. The average molecular weight is 256 g/mol. The van der Waals surface area contributed by atoms with E-state index in [1.165, 1.54) is 12.3 Å². The summed E-state index contributed by atoms with van der Waals surface area (Å²) in [7, 11) is 0. The van der Waals surface area contributed by atoms with Gasteiger partial charge in [0.15, 0.2) is 17.6 Å². The normalized spacial score (nSPS) is 22.6. The molecule has 1 aliphatic rings. The van der Waals surface area contributed by atoms with Crippen molar-refractivity contribution in [1.82, 2.24) is 5.32 Å². The van der Waals surface area contributed by atoms with E-state index in [4.69, 9.17) is 11.5 Å². The van der Waals surface area contributed by atoms with Crippen LogP contribution in [-0.4, -0.2) is 11.6 Å². The van der Waals surface area contributed by atoms with Gasteiger partial charge in [-0.25, -0.2) is 18.2 Å². The van der Waals surface area contributed by atoms with Gasteiger partial charge in [-0.15, -0.1) is 0 Å². The minimum atomic E-state index is -1.32. The van der Waals surface area contributed by atoms with Crippen LogP contribution < -0.4 is 16.8 Å². The highest BCUT2D eigenvalue weighted by molar-refractivity contribution is 5.80. The van der Waals surface area contributed by atoms with Crippen LogP contribution >= 0.6 is 0 Å². The molecule has 0 spiro atoms. The van der Waals surface area contributed by atoms with Crippen molar-refractivity contribution >= 4 is 5.96 Å². The first-order valence-corrected chi connectivity index (χ1v) is 5.11. The Hall–Kier alpha value is -2.02. The first-order valence-electron chi connectivity index (χ1n) is 5.11. The number of halogens is 3. The van der Waals surface area contributed by atoms with E-state index in [0.29, 0.717) is 6.07 Å². The van der Waals surface area contributed by atoms with Gasteiger partial charge < -0.3 is 16.8 Å². The maximum absolute atomic E-state index is 13.5. The summed E-state index contributed by atoms with van der Waals surface area (Å²) >= 11 is 0. The van der Waals surface area contributed by atoms with E-state index in [0.717, 1.165) is 6.07 Å². The molecule has 0 bridgehead atoms. The Morgan fingerprint density at radius 3 is 2.67 bits per heavy atom. The van der Waals surface area contributed by atoms with Gasteiger partial charge in [-0.05, 0) is 17.7 Å². The van der Waals surface area contributed by atoms with Gasteiger partial charge >= 0.3 is 0 Å². The minimum Gasteiger partial charge on any atom is -0.370 e. The Morgan fingerprint density at radius 1 is 1.28 bits per heavy atom. The highest BCUT2D eigenvalue weighted by Crippen LogP contribution is 2.21. The number of nitrogens with one attached hydrogen (secondary N) is 1. The van der Waals surface area contributed by atoms with Crippen molar-refractivity contribution in [2.24, 2.45) is 16.5 Å². The topological polar surface area (TPSA) is 76.4 Å². The molecule has 4 nitrogen and oxygen atoms in total. The number of hydrogen-bond acceptors (Lipinski definition) is 4. The van der Waals surface area contributed by atoms with Gasteiger partial charge in [0.2, 0.25) is 0 Å². The minimum absolute atomic E-state index is 0.0530. The summed E-state index contributed by atoms with van der Waals surface area (Å²) in [6.45, 7) is 0. The summed E-state index contributed by atoms with van der Waals surface area (Å²) < 4.78 is 39.6. The van der Waals surface area contributed by atoms with E-state index in [1.54, 1.807) is 0 Å². The summed E-state index contributed by atoms with van der Waals surface area (Å²) in [5.74, 6) is -3.22. The zero-order valence-corrected chi connectivity index (χ0v) is 9.25. The molecule has 96 valence electrons. The largest absolute Gasteiger partial charge is 0.370 e. The predicted octanol–water partition coefficient (Wildman–Crippen LogP) is 0.733. The van der Waals surface area contributed by atoms with Gasteiger partial charge in [0.05, 0.1) is 0 Å². The van der Waals surface area contributed by atoms with Gasteiger partial charge in [0.25, 0.3) is 0 Å². The molecule has 7 heteroatoms. The molecule has 0 saturated carbocycles. The Kier molecular flexibility index (Phi) is 3.00. The second-order valence-corrected chi connectivity index (χ2v) is 4.00. The highest BCUT2D eigenvalue weighted by Gasteiger charge is 2.26. The third kappa shape index (κ3) is 2.45. The van der Waals surface area contributed by atoms with Crippen molar-refractivity contribution in [3.05, 3.63) is 47.4 Å². The van der Waals surface area contributed by atoms with Crippen molar-refractivity contribution in [2.75, 3.05) is 0 Å². The van der Waals surface area contributed by atoms with Gasteiger partial charge in [0.1, 0.15) is 11.5 Å². The van der Waals surface area contributed by atoms with E-state index in [9.17, 15) is 13.2 Å². The molecule has 0 aliphatic carbocycles. The molecule has 1 heterocycles. The van der Waals surface area contributed by atoms with Crippen molar-refractivity contribution in [1.29, 1.82) is 0 Å². The van der Waals surface area contributed by atoms with Crippen LogP contribution in [0.4, 0.5) is 13.2 Å². The molecule has 1 atom stereocenters. The number of aliphatic imine (C=N–C) groups is 1. The van der Waals surface area contributed by atoms with Crippen molar-refractivity contribution in [2.45, 2.75) is 12.1 Å². The number of hydrogen-bond donors (Lipinski definition) is 3. The van der Waals surface area contributed by atoms with Crippen LogP contribution in [0.2, 0.25) is 0 Å². The second kappa shape index (κ2) is 4.34. The number of benzene rings is 1. The summed E-state index contributed by atoms with van der Waals surface area (Å²) in [4.78, 5) is 3.87. The van der Waals surface area contributed by atoms with Crippen LogP contribution in [-0.2, 0) is 6.42 Å². The lowest BCUT2D eigenvalue weighted by molar-refractivity contribution is 0.464. The van der Waals surface area contributed by atoms with Gasteiger partial charge in [-0.3, -0.25) is 0 Å².